The van der Waals surface area contributed by atoms with Crippen LogP contribution in [0.1, 0.15) is 64.5 Å². The van der Waals surface area contributed by atoms with Gasteiger partial charge in [0.15, 0.2) is 0 Å². The standard InChI is InChI=1S/C19H31NO/c1-5-6-8-13-16(15-11-9-7-10-12-15)20-17-14-18(21-4)19(17,2)3/h7,9-12,16-18,20H,5-6,8,13-14H2,1-4H3. The van der Waals surface area contributed by atoms with E-state index in [-0.39, 0.29) is 5.41 Å². The van der Waals surface area contributed by atoms with Gasteiger partial charge < -0.3 is 10.1 Å². The topological polar surface area (TPSA) is 21.3 Å². The van der Waals surface area contributed by atoms with Gasteiger partial charge >= 0.3 is 0 Å². The predicted molar refractivity (Wildman–Crippen MR) is 89.4 cm³/mol. The van der Waals surface area contributed by atoms with Crippen LogP contribution in [-0.4, -0.2) is 19.3 Å². The maximum Gasteiger partial charge on any atom is 0.0652 e. The molecule has 0 heterocycles. The lowest BCUT2D eigenvalue weighted by molar-refractivity contribution is -0.101. The maximum atomic E-state index is 5.58. The third kappa shape index (κ3) is 3.87. The van der Waals surface area contributed by atoms with Gasteiger partial charge in [0.1, 0.15) is 0 Å². The second-order valence-corrected chi connectivity index (χ2v) is 6.96. The van der Waals surface area contributed by atoms with E-state index < -0.39 is 0 Å². The van der Waals surface area contributed by atoms with Crippen LogP contribution >= 0.6 is 0 Å². The smallest absolute Gasteiger partial charge is 0.0652 e. The van der Waals surface area contributed by atoms with E-state index in [1.807, 2.05) is 7.11 Å². The Morgan fingerprint density at radius 2 is 1.95 bits per heavy atom. The molecule has 21 heavy (non-hydrogen) atoms. The zero-order chi connectivity index (χ0) is 15.3. The van der Waals surface area contributed by atoms with E-state index in [0.717, 1.165) is 6.42 Å². The van der Waals surface area contributed by atoms with Crippen LogP contribution in [0, 0.1) is 5.41 Å². The second kappa shape index (κ2) is 7.42. The van der Waals surface area contributed by atoms with Crippen molar-refractivity contribution < 1.29 is 4.74 Å². The zero-order valence-corrected chi connectivity index (χ0v) is 14.1. The average molecular weight is 289 g/mol. The van der Waals surface area contributed by atoms with E-state index in [1.165, 1.54) is 31.2 Å². The Labute approximate surface area is 130 Å². The molecule has 1 saturated carbocycles. The highest BCUT2D eigenvalue weighted by Crippen LogP contribution is 2.43. The third-order valence-electron chi connectivity index (χ3n) is 5.16. The molecule has 3 atom stereocenters. The van der Waals surface area contributed by atoms with Crippen LogP contribution in [-0.2, 0) is 4.74 Å². The summed E-state index contributed by atoms with van der Waals surface area (Å²) in [5, 5.41) is 3.90. The second-order valence-electron chi connectivity index (χ2n) is 6.96. The van der Waals surface area contributed by atoms with E-state index in [2.05, 4.69) is 56.4 Å². The van der Waals surface area contributed by atoms with Crippen LogP contribution in [0.4, 0.5) is 0 Å². The van der Waals surface area contributed by atoms with Gasteiger partial charge in [0.05, 0.1) is 6.10 Å². The summed E-state index contributed by atoms with van der Waals surface area (Å²) in [6, 6.07) is 11.9. The van der Waals surface area contributed by atoms with Crippen LogP contribution in [0.15, 0.2) is 30.3 Å². The molecule has 1 aromatic rings. The van der Waals surface area contributed by atoms with Gasteiger partial charge in [-0.1, -0.05) is 70.4 Å². The highest BCUT2D eigenvalue weighted by Gasteiger charge is 2.48. The van der Waals surface area contributed by atoms with Crippen molar-refractivity contribution in [3.63, 3.8) is 0 Å². The van der Waals surface area contributed by atoms with E-state index in [0.29, 0.717) is 18.2 Å². The van der Waals surface area contributed by atoms with E-state index >= 15 is 0 Å². The molecule has 2 heteroatoms. The number of rotatable bonds is 8. The van der Waals surface area contributed by atoms with Crippen molar-refractivity contribution in [3.05, 3.63) is 35.9 Å². The maximum absolute atomic E-state index is 5.58. The monoisotopic (exact) mass is 289 g/mol. The molecule has 0 bridgehead atoms. The first-order chi connectivity index (χ1) is 10.1. The Hall–Kier alpha value is -0.860. The van der Waals surface area contributed by atoms with Gasteiger partial charge in [0, 0.05) is 24.6 Å². The van der Waals surface area contributed by atoms with Gasteiger partial charge in [-0.15, -0.1) is 0 Å². The lowest BCUT2D eigenvalue weighted by Crippen LogP contribution is -2.61. The number of unbranched alkanes of at least 4 members (excludes halogenated alkanes) is 2. The highest BCUT2D eigenvalue weighted by atomic mass is 16.5. The Bertz CT molecular complexity index is 415. The molecule has 1 aromatic carbocycles. The number of methoxy groups -OCH3 is 1. The third-order valence-corrected chi connectivity index (χ3v) is 5.16. The Kier molecular flexibility index (Phi) is 5.83. The van der Waals surface area contributed by atoms with E-state index in [1.54, 1.807) is 0 Å². The normalized spacial score (nSPS) is 25.3. The first-order valence-electron chi connectivity index (χ1n) is 8.43. The summed E-state index contributed by atoms with van der Waals surface area (Å²) < 4.78 is 5.58. The lowest BCUT2D eigenvalue weighted by atomic mass is 9.64. The van der Waals surface area contributed by atoms with Crippen molar-refractivity contribution >= 4 is 0 Å². The van der Waals surface area contributed by atoms with Crippen molar-refractivity contribution in [2.24, 2.45) is 5.41 Å². The van der Waals surface area contributed by atoms with Gasteiger partial charge in [0.25, 0.3) is 0 Å². The van der Waals surface area contributed by atoms with Gasteiger partial charge in [0.2, 0.25) is 0 Å². The summed E-state index contributed by atoms with van der Waals surface area (Å²) in [6.07, 6.45) is 6.64. The van der Waals surface area contributed by atoms with E-state index in [4.69, 9.17) is 4.74 Å². The predicted octanol–water partition coefficient (Wildman–Crippen LogP) is 4.71. The average Bonchev–Trinajstić information content (AvgIpc) is 2.50. The zero-order valence-electron chi connectivity index (χ0n) is 14.1. The SMILES string of the molecule is CCCCCC(NC1CC(OC)C1(C)C)c1ccccc1. The summed E-state index contributed by atoms with van der Waals surface area (Å²) in [4.78, 5) is 0. The minimum atomic E-state index is 0.229. The van der Waals surface area contributed by atoms with Gasteiger partial charge in [-0.25, -0.2) is 0 Å². The van der Waals surface area contributed by atoms with Crippen molar-refractivity contribution in [2.45, 2.75) is 71.1 Å². The summed E-state index contributed by atoms with van der Waals surface area (Å²) >= 11 is 0. The molecular formula is C19H31NO. The molecule has 0 aliphatic heterocycles. The Morgan fingerprint density at radius 3 is 2.52 bits per heavy atom. The summed E-state index contributed by atoms with van der Waals surface area (Å²) in [5.74, 6) is 0. The molecule has 2 rings (SSSR count). The van der Waals surface area contributed by atoms with Gasteiger partial charge in [-0.3, -0.25) is 0 Å². The first kappa shape index (κ1) is 16.5. The van der Waals surface area contributed by atoms with Gasteiger partial charge in [-0.2, -0.15) is 0 Å². The molecule has 1 aliphatic rings. The van der Waals surface area contributed by atoms with Crippen LogP contribution in [0.2, 0.25) is 0 Å². The van der Waals surface area contributed by atoms with Crippen LogP contribution in [0.3, 0.4) is 0 Å². The van der Waals surface area contributed by atoms with Crippen molar-refractivity contribution in [2.75, 3.05) is 7.11 Å². The number of hydrogen-bond acceptors (Lipinski definition) is 2. The fraction of sp³-hybridized carbons (Fsp3) is 0.684. The molecule has 1 N–H and O–H groups in total. The molecule has 118 valence electrons. The molecule has 2 nitrogen and oxygen atoms in total. The van der Waals surface area contributed by atoms with Crippen molar-refractivity contribution in [1.29, 1.82) is 0 Å². The summed E-state index contributed by atoms with van der Waals surface area (Å²) in [5.41, 5.74) is 1.65. The molecule has 1 fully saturated rings. The summed E-state index contributed by atoms with van der Waals surface area (Å²) in [7, 11) is 1.83. The highest BCUT2D eigenvalue weighted by molar-refractivity contribution is 5.20. The fourth-order valence-corrected chi connectivity index (χ4v) is 3.44. The molecule has 0 aromatic heterocycles. The first-order valence-corrected chi connectivity index (χ1v) is 8.43. The minimum absolute atomic E-state index is 0.229. The fourth-order valence-electron chi connectivity index (χ4n) is 3.44. The van der Waals surface area contributed by atoms with E-state index in [9.17, 15) is 0 Å². The van der Waals surface area contributed by atoms with Gasteiger partial charge in [-0.05, 0) is 18.4 Å². The minimum Gasteiger partial charge on any atom is -0.381 e. The van der Waals surface area contributed by atoms with Crippen LogP contribution < -0.4 is 5.32 Å². The number of hydrogen-bond donors (Lipinski definition) is 1. The number of nitrogens with one attached hydrogen (secondary N) is 1. The molecule has 0 amide bonds. The molecule has 0 radical (unpaired) electrons. The van der Waals surface area contributed by atoms with Crippen molar-refractivity contribution in [3.8, 4) is 0 Å². The molecule has 1 aliphatic carbocycles. The molecule has 0 spiro atoms. The number of benzene rings is 1. The Balaban J connectivity index is 2.00. The quantitative estimate of drug-likeness (QED) is 0.700. The number of ether oxygens (including phenoxy) is 1. The molecule has 0 saturated heterocycles. The molecular weight excluding hydrogens is 258 g/mol. The lowest BCUT2D eigenvalue weighted by Gasteiger charge is -2.52. The Morgan fingerprint density at radius 1 is 1.24 bits per heavy atom. The summed E-state index contributed by atoms with van der Waals surface area (Å²) in [6.45, 7) is 6.90. The van der Waals surface area contributed by atoms with Crippen molar-refractivity contribution in [1.82, 2.24) is 5.32 Å². The van der Waals surface area contributed by atoms with Crippen LogP contribution in [0.25, 0.3) is 0 Å². The largest absolute Gasteiger partial charge is 0.381 e. The van der Waals surface area contributed by atoms with Crippen LogP contribution in [0.5, 0.6) is 0 Å². The molecule has 3 unspecified atom stereocenters.